The van der Waals surface area contributed by atoms with Crippen molar-refractivity contribution in [2.75, 3.05) is 26.3 Å². The fourth-order valence-electron chi connectivity index (χ4n) is 4.50. The van der Waals surface area contributed by atoms with Crippen molar-refractivity contribution in [3.05, 3.63) is 76.2 Å². The fraction of sp³-hybridized carbons (Fsp3) is 0.346. The molecule has 9 heteroatoms. The Labute approximate surface area is 200 Å². The Bertz CT molecular complexity index is 1330. The normalized spacial score (nSPS) is 17.4. The van der Waals surface area contributed by atoms with Crippen LogP contribution in [-0.4, -0.2) is 47.1 Å². The third kappa shape index (κ3) is 4.08. The number of likely N-dealkylation sites (tertiary alicyclic amines) is 1. The highest BCUT2D eigenvalue weighted by atomic mass is 19.4. The Hall–Kier alpha value is -3.64. The van der Waals surface area contributed by atoms with Gasteiger partial charge in [0, 0.05) is 30.1 Å². The van der Waals surface area contributed by atoms with Crippen molar-refractivity contribution in [3.63, 3.8) is 0 Å². The van der Waals surface area contributed by atoms with Gasteiger partial charge < -0.3 is 14.6 Å². The molecule has 5 rings (SSSR count). The summed E-state index contributed by atoms with van der Waals surface area (Å²) in [4.78, 5) is 21.6. The lowest BCUT2D eigenvalue weighted by Crippen LogP contribution is -2.48. The van der Waals surface area contributed by atoms with Gasteiger partial charge in [-0.25, -0.2) is 4.98 Å². The lowest BCUT2D eigenvalue weighted by atomic mass is 9.88. The Balaban J connectivity index is 1.41. The lowest BCUT2D eigenvalue weighted by Gasteiger charge is -2.39. The van der Waals surface area contributed by atoms with E-state index in [1.807, 2.05) is 12.1 Å². The van der Waals surface area contributed by atoms with Gasteiger partial charge in [0.25, 0.3) is 5.91 Å². The van der Waals surface area contributed by atoms with Crippen LogP contribution in [0.1, 0.15) is 51.4 Å². The molecule has 6 nitrogen and oxygen atoms in total. The molecule has 0 aliphatic carbocycles. The fourth-order valence-corrected chi connectivity index (χ4v) is 4.50. The van der Waals surface area contributed by atoms with E-state index in [-0.39, 0.29) is 23.3 Å². The van der Waals surface area contributed by atoms with Crippen molar-refractivity contribution >= 4 is 5.91 Å². The van der Waals surface area contributed by atoms with Crippen molar-refractivity contribution in [1.82, 2.24) is 14.9 Å². The lowest BCUT2D eigenvalue weighted by molar-refractivity contribution is -0.140. The molecule has 2 aliphatic heterocycles. The van der Waals surface area contributed by atoms with Crippen LogP contribution >= 0.6 is 0 Å². The quantitative estimate of drug-likeness (QED) is 0.582. The first-order valence-electron chi connectivity index (χ1n) is 11.2. The number of H-pyrrole nitrogens is 1. The number of amides is 1. The molecule has 2 aromatic carbocycles. The molecule has 2 fully saturated rings. The molecule has 2 aliphatic rings. The van der Waals surface area contributed by atoms with Gasteiger partial charge in [-0.1, -0.05) is 18.2 Å². The smallest absolute Gasteiger partial charge is 0.379 e. The van der Waals surface area contributed by atoms with E-state index >= 15 is 0 Å². The topological polar surface area (TPSA) is 82.0 Å². The van der Waals surface area contributed by atoms with Crippen LogP contribution in [0.15, 0.2) is 42.5 Å². The third-order valence-electron chi connectivity index (χ3n) is 6.82. The van der Waals surface area contributed by atoms with Crippen LogP contribution in [-0.2, 0) is 16.3 Å². The van der Waals surface area contributed by atoms with E-state index in [9.17, 15) is 18.0 Å². The van der Waals surface area contributed by atoms with Crippen LogP contribution < -0.4 is 0 Å². The monoisotopic (exact) mass is 480 g/mol. The zero-order valence-electron chi connectivity index (χ0n) is 19.2. The number of aromatic amines is 1. The maximum atomic E-state index is 13.9. The van der Waals surface area contributed by atoms with Gasteiger partial charge in [-0.2, -0.15) is 18.4 Å². The highest BCUT2D eigenvalue weighted by molar-refractivity contribution is 5.96. The Morgan fingerprint density at radius 3 is 2.46 bits per heavy atom. The number of carbonyl (C=O) groups is 1. The number of hydrogen-bond acceptors (Lipinski definition) is 4. The minimum absolute atomic E-state index is 0.133. The number of rotatable bonds is 4. The molecule has 0 saturated carbocycles. The predicted molar refractivity (Wildman–Crippen MR) is 122 cm³/mol. The van der Waals surface area contributed by atoms with Gasteiger partial charge in [-0.3, -0.25) is 4.79 Å². The van der Waals surface area contributed by atoms with Crippen molar-refractivity contribution in [1.29, 1.82) is 5.26 Å². The standard InChI is InChI=1S/C26H23F3N4O2/c1-15-3-6-18(23(34)33-11-19(12-33)17-7-4-16(10-30)5-8-17)9-20(15)21-22(26(27,28)29)32-24(31-21)25(2)13-35-14-25/h3-9,19H,11-14H2,1-2H3,(H,31,32). The number of nitrogens with zero attached hydrogens (tertiary/aromatic N) is 3. The van der Waals surface area contributed by atoms with Crippen molar-refractivity contribution in [2.24, 2.45) is 0 Å². The molecule has 3 aromatic rings. The van der Waals surface area contributed by atoms with Crippen LogP contribution in [0, 0.1) is 18.3 Å². The maximum Gasteiger partial charge on any atom is 0.435 e. The van der Waals surface area contributed by atoms with Gasteiger partial charge in [0.2, 0.25) is 0 Å². The summed E-state index contributed by atoms with van der Waals surface area (Å²) in [6, 6.07) is 14.2. The molecule has 0 spiro atoms. The van der Waals surface area contributed by atoms with Gasteiger partial charge in [-0.05, 0) is 49.2 Å². The molecule has 2 saturated heterocycles. The number of ether oxygens (including phenoxy) is 1. The Kier molecular flexibility index (Phi) is 5.44. The minimum Gasteiger partial charge on any atom is -0.379 e. The number of alkyl halides is 3. The van der Waals surface area contributed by atoms with Crippen molar-refractivity contribution < 1.29 is 22.7 Å². The predicted octanol–water partition coefficient (Wildman–Crippen LogP) is 4.80. The number of carbonyl (C=O) groups excluding carboxylic acids is 1. The first kappa shape index (κ1) is 23.1. The zero-order valence-corrected chi connectivity index (χ0v) is 19.2. The van der Waals surface area contributed by atoms with Gasteiger partial charge in [-0.15, -0.1) is 0 Å². The van der Waals surface area contributed by atoms with Gasteiger partial charge >= 0.3 is 6.18 Å². The average molecular weight is 480 g/mol. The third-order valence-corrected chi connectivity index (χ3v) is 6.82. The number of nitriles is 1. The molecule has 3 heterocycles. The van der Waals surface area contributed by atoms with E-state index in [0.717, 1.165) is 5.56 Å². The highest BCUT2D eigenvalue weighted by Crippen LogP contribution is 2.40. The summed E-state index contributed by atoms with van der Waals surface area (Å²) in [5, 5.41) is 8.94. The molecule has 0 atom stereocenters. The number of halogens is 3. The Morgan fingerprint density at radius 1 is 1.20 bits per heavy atom. The summed E-state index contributed by atoms with van der Waals surface area (Å²) in [6.45, 7) is 5.13. The van der Waals surface area contributed by atoms with E-state index in [2.05, 4.69) is 16.0 Å². The summed E-state index contributed by atoms with van der Waals surface area (Å²) in [5.41, 5.74) is 1.14. The molecule has 1 N–H and O–H groups in total. The molecule has 0 radical (unpaired) electrons. The number of aromatic nitrogens is 2. The number of imidazole rings is 1. The molecule has 180 valence electrons. The summed E-state index contributed by atoms with van der Waals surface area (Å²) < 4.78 is 46.9. The van der Waals surface area contributed by atoms with E-state index in [1.165, 1.54) is 6.07 Å². The van der Waals surface area contributed by atoms with E-state index in [4.69, 9.17) is 10.00 Å². The molecular weight excluding hydrogens is 457 g/mol. The average Bonchev–Trinajstić information content (AvgIpc) is 3.23. The second kappa shape index (κ2) is 8.24. The van der Waals surface area contributed by atoms with E-state index < -0.39 is 17.3 Å². The van der Waals surface area contributed by atoms with Crippen LogP contribution in [0.2, 0.25) is 0 Å². The van der Waals surface area contributed by atoms with Crippen LogP contribution in [0.3, 0.4) is 0 Å². The second-order valence-corrected chi connectivity index (χ2v) is 9.53. The number of aryl methyl sites for hydroxylation is 1. The second-order valence-electron chi connectivity index (χ2n) is 9.53. The van der Waals surface area contributed by atoms with Crippen molar-refractivity contribution in [2.45, 2.75) is 31.4 Å². The van der Waals surface area contributed by atoms with Crippen LogP contribution in [0.4, 0.5) is 13.2 Å². The number of nitrogens with one attached hydrogen (secondary N) is 1. The first-order chi connectivity index (χ1) is 16.6. The molecule has 1 amide bonds. The van der Waals surface area contributed by atoms with Gasteiger partial charge in [0.1, 0.15) is 5.82 Å². The van der Waals surface area contributed by atoms with E-state index in [1.54, 1.807) is 43.0 Å². The van der Waals surface area contributed by atoms with Crippen LogP contribution in [0.25, 0.3) is 11.3 Å². The van der Waals surface area contributed by atoms with Gasteiger partial charge in [0.15, 0.2) is 5.69 Å². The molecule has 0 unspecified atom stereocenters. The zero-order chi connectivity index (χ0) is 25.0. The summed E-state index contributed by atoms with van der Waals surface area (Å²) in [6.07, 6.45) is -4.65. The summed E-state index contributed by atoms with van der Waals surface area (Å²) in [5.74, 6) is 0.160. The highest BCUT2D eigenvalue weighted by Gasteiger charge is 2.44. The SMILES string of the molecule is Cc1ccc(C(=O)N2CC(c3ccc(C#N)cc3)C2)cc1-c1[nH]c(C2(C)COC2)nc1C(F)(F)F. The van der Waals surface area contributed by atoms with Crippen molar-refractivity contribution in [3.8, 4) is 17.3 Å². The van der Waals surface area contributed by atoms with Crippen LogP contribution in [0.5, 0.6) is 0 Å². The van der Waals surface area contributed by atoms with Gasteiger partial charge in [0.05, 0.1) is 36.0 Å². The Morgan fingerprint density at radius 2 is 1.89 bits per heavy atom. The molecule has 35 heavy (non-hydrogen) atoms. The van der Waals surface area contributed by atoms with E-state index in [0.29, 0.717) is 48.6 Å². The number of benzene rings is 2. The maximum absolute atomic E-state index is 13.9. The number of hydrogen-bond donors (Lipinski definition) is 1. The first-order valence-corrected chi connectivity index (χ1v) is 11.2. The molecule has 1 aromatic heterocycles. The summed E-state index contributed by atoms with van der Waals surface area (Å²) >= 11 is 0. The summed E-state index contributed by atoms with van der Waals surface area (Å²) in [7, 11) is 0. The molecular formula is C26H23F3N4O2. The molecule has 0 bridgehead atoms. The largest absolute Gasteiger partial charge is 0.435 e. The minimum atomic E-state index is -4.65.